The number of alkyl halides is 2. The molecule has 7 rings (SSSR count). The molecule has 13 heteroatoms. The van der Waals surface area contributed by atoms with Crippen LogP contribution in [0.4, 0.5) is 19.0 Å². The lowest BCUT2D eigenvalue weighted by Gasteiger charge is -2.52. The van der Waals surface area contributed by atoms with Crippen LogP contribution < -0.4 is 4.90 Å². The predicted octanol–water partition coefficient (Wildman–Crippen LogP) is 5.55. The van der Waals surface area contributed by atoms with E-state index in [0.29, 0.717) is 29.9 Å². The highest BCUT2D eigenvalue weighted by atomic mass is 79.9. The van der Waals surface area contributed by atoms with E-state index in [1.54, 1.807) is 12.4 Å². The number of ether oxygens (including phenoxy) is 1. The number of halogens is 4. The van der Waals surface area contributed by atoms with E-state index in [9.17, 15) is 13.2 Å². The Morgan fingerprint density at radius 1 is 1.14 bits per heavy atom. The summed E-state index contributed by atoms with van der Waals surface area (Å²) in [7, 11) is 0. The highest BCUT2D eigenvalue weighted by molar-refractivity contribution is 9.10. The fraction of sp³-hybridized carbons (Fsp3) is 0.586. The van der Waals surface area contributed by atoms with Crippen molar-refractivity contribution in [3.05, 3.63) is 46.2 Å². The Hall–Kier alpha value is -2.77. The van der Waals surface area contributed by atoms with Gasteiger partial charge >= 0.3 is 0 Å². The van der Waals surface area contributed by atoms with E-state index in [-0.39, 0.29) is 48.8 Å². The molecule has 3 fully saturated rings. The minimum Gasteiger partial charge on any atom is -0.376 e. The van der Waals surface area contributed by atoms with Gasteiger partial charge in [0.2, 0.25) is 5.92 Å². The molecular weight excluding hydrogens is 613 g/mol. The topological polar surface area (TPSA) is 76.6 Å². The van der Waals surface area contributed by atoms with Gasteiger partial charge in [-0.3, -0.25) is 4.90 Å². The van der Waals surface area contributed by atoms with Gasteiger partial charge in [0.1, 0.15) is 23.5 Å². The van der Waals surface area contributed by atoms with Crippen molar-refractivity contribution in [3.8, 4) is 0 Å². The molecule has 2 aliphatic heterocycles. The van der Waals surface area contributed by atoms with E-state index in [0.717, 1.165) is 47.8 Å². The number of nitrogens with zero attached hydrogens (tertiary/aromatic N) is 8. The molecule has 2 saturated heterocycles. The summed E-state index contributed by atoms with van der Waals surface area (Å²) in [6.45, 7) is 8.88. The number of imidazole rings is 1. The van der Waals surface area contributed by atoms with Crippen molar-refractivity contribution in [1.82, 2.24) is 34.0 Å². The van der Waals surface area contributed by atoms with Crippen LogP contribution >= 0.6 is 15.9 Å². The van der Waals surface area contributed by atoms with Gasteiger partial charge in [-0.15, -0.1) is 10.2 Å². The van der Waals surface area contributed by atoms with Gasteiger partial charge in [-0.25, -0.2) is 22.6 Å². The Balaban J connectivity index is 1.24. The number of benzene rings is 1. The fourth-order valence-corrected chi connectivity index (χ4v) is 7.40. The van der Waals surface area contributed by atoms with Gasteiger partial charge in [0, 0.05) is 50.7 Å². The first kappa shape index (κ1) is 28.0. The number of anilines is 1. The summed E-state index contributed by atoms with van der Waals surface area (Å²) in [5.74, 6) is -1.21. The number of hydrogen-bond donors (Lipinski definition) is 0. The molecule has 3 aliphatic rings. The summed E-state index contributed by atoms with van der Waals surface area (Å²) in [5, 5.41) is 8.43. The van der Waals surface area contributed by atoms with Crippen LogP contribution in [0.3, 0.4) is 0 Å². The third-order valence-corrected chi connectivity index (χ3v) is 9.88. The molecule has 224 valence electrons. The van der Waals surface area contributed by atoms with Crippen LogP contribution in [0.15, 0.2) is 29.0 Å². The lowest BCUT2D eigenvalue weighted by molar-refractivity contribution is -0.137. The average molecular weight is 648 g/mol. The molecule has 1 saturated carbocycles. The molecule has 0 spiro atoms. The first-order valence-electron chi connectivity index (χ1n) is 14.6. The quantitative estimate of drug-likeness (QED) is 0.272. The van der Waals surface area contributed by atoms with E-state index in [2.05, 4.69) is 54.3 Å². The maximum absolute atomic E-state index is 14.7. The summed E-state index contributed by atoms with van der Waals surface area (Å²) >= 11 is 3.23. The van der Waals surface area contributed by atoms with Crippen LogP contribution in [0.5, 0.6) is 0 Å². The van der Waals surface area contributed by atoms with Crippen LogP contribution in [0.1, 0.15) is 57.0 Å². The molecule has 42 heavy (non-hydrogen) atoms. The van der Waals surface area contributed by atoms with Gasteiger partial charge in [-0.1, -0.05) is 6.07 Å². The van der Waals surface area contributed by atoms with Crippen molar-refractivity contribution in [3.63, 3.8) is 0 Å². The minimum absolute atomic E-state index is 0.0192. The summed E-state index contributed by atoms with van der Waals surface area (Å²) in [4.78, 5) is 14.4. The standard InChI is InChI=1S/C29H34BrF3N8O/c1-16-13-39(17(2)12-38(16)25(20-10-29(32,33)11-20)19-6-7-22(30)23(31)9-19)26-24-27(41-15-34-37-28(41)36-26)40(18(3)35-24)14-21-5-4-8-42-21/h6-7,9,15-17,20-21,25H,4-5,8,10-14H2,1-3H3/t16-,17+,21?,25?/m1/s1. The zero-order chi connectivity index (χ0) is 29.3. The molecule has 1 aliphatic carbocycles. The lowest BCUT2D eigenvalue weighted by Crippen LogP contribution is -2.59. The monoisotopic (exact) mass is 646 g/mol. The van der Waals surface area contributed by atoms with Gasteiger partial charge in [-0.05, 0) is 73.2 Å². The van der Waals surface area contributed by atoms with Crippen molar-refractivity contribution in [2.45, 2.75) is 83.2 Å². The van der Waals surface area contributed by atoms with Gasteiger partial charge in [0.25, 0.3) is 5.78 Å². The lowest BCUT2D eigenvalue weighted by atomic mass is 9.73. The van der Waals surface area contributed by atoms with Crippen molar-refractivity contribution in [2.24, 2.45) is 5.92 Å². The zero-order valence-electron chi connectivity index (χ0n) is 23.9. The summed E-state index contributed by atoms with van der Waals surface area (Å²) < 4.78 is 53.2. The Kier molecular flexibility index (Phi) is 6.97. The first-order chi connectivity index (χ1) is 20.1. The van der Waals surface area contributed by atoms with Crippen molar-refractivity contribution >= 4 is 38.7 Å². The van der Waals surface area contributed by atoms with Crippen molar-refractivity contribution < 1.29 is 17.9 Å². The molecule has 0 amide bonds. The smallest absolute Gasteiger partial charge is 0.258 e. The number of hydrogen-bond acceptors (Lipinski definition) is 7. The maximum atomic E-state index is 14.7. The third-order valence-electron chi connectivity index (χ3n) is 9.23. The molecule has 0 N–H and O–H groups in total. The highest BCUT2D eigenvalue weighted by Gasteiger charge is 2.51. The summed E-state index contributed by atoms with van der Waals surface area (Å²) in [6.07, 6.45) is 3.48. The van der Waals surface area contributed by atoms with E-state index in [4.69, 9.17) is 14.7 Å². The first-order valence-corrected chi connectivity index (χ1v) is 15.4. The molecule has 0 bridgehead atoms. The number of fused-ring (bicyclic) bond motifs is 3. The number of rotatable bonds is 6. The second-order valence-corrected chi connectivity index (χ2v) is 13.1. The van der Waals surface area contributed by atoms with Gasteiger partial charge in [0.05, 0.1) is 17.1 Å². The van der Waals surface area contributed by atoms with Crippen molar-refractivity contribution in [2.75, 3.05) is 24.6 Å². The maximum Gasteiger partial charge on any atom is 0.258 e. The molecular formula is C29H34BrF3N8O. The molecule has 2 unspecified atom stereocenters. The van der Waals surface area contributed by atoms with E-state index in [1.807, 2.05) is 17.4 Å². The van der Waals surface area contributed by atoms with Crippen LogP contribution in [0, 0.1) is 18.7 Å². The van der Waals surface area contributed by atoms with E-state index in [1.165, 1.54) is 6.07 Å². The Morgan fingerprint density at radius 3 is 2.67 bits per heavy atom. The Labute approximate surface area is 250 Å². The Morgan fingerprint density at radius 2 is 1.95 bits per heavy atom. The SMILES string of the molecule is Cc1nc2c(N3C[C@@H](C)N(C(c4ccc(Br)c(F)c4)C4CC(F)(F)C4)C[C@@H]3C)nc3nncn3c2n1CC1CCCO1. The molecule has 4 aromatic rings. The normalized spacial score (nSPS) is 25.9. The number of aromatic nitrogens is 6. The number of piperazine rings is 1. The molecule has 5 heterocycles. The fourth-order valence-electron chi connectivity index (χ4n) is 7.16. The zero-order valence-corrected chi connectivity index (χ0v) is 25.4. The van der Waals surface area contributed by atoms with Crippen LogP contribution in [0.2, 0.25) is 0 Å². The van der Waals surface area contributed by atoms with E-state index < -0.39 is 5.92 Å². The third kappa shape index (κ3) is 4.77. The van der Waals surface area contributed by atoms with E-state index >= 15 is 0 Å². The predicted molar refractivity (Wildman–Crippen MR) is 155 cm³/mol. The minimum atomic E-state index is -2.67. The van der Waals surface area contributed by atoms with Gasteiger partial charge in [-0.2, -0.15) is 4.98 Å². The molecule has 3 aromatic heterocycles. The molecule has 1 aromatic carbocycles. The van der Waals surface area contributed by atoms with Gasteiger partial charge in [0.15, 0.2) is 11.5 Å². The Bertz CT molecular complexity index is 1630. The average Bonchev–Trinajstić information content (AvgIpc) is 3.68. The second-order valence-electron chi connectivity index (χ2n) is 12.2. The molecule has 9 nitrogen and oxygen atoms in total. The highest BCUT2D eigenvalue weighted by Crippen LogP contribution is 2.51. The number of aryl methyl sites for hydroxylation is 1. The van der Waals surface area contributed by atoms with Crippen molar-refractivity contribution in [1.29, 1.82) is 0 Å². The largest absolute Gasteiger partial charge is 0.376 e. The summed E-state index contributed by atoms with van der Waals surface area (Å²) in [5.41, 5.74) is 2.39. The molecule has 0 radical (unpaired) electrons. The molecule has 4 atom stereocenters. The van der Waals surface area contributed by atoms with Crippen LogP contribution in [0.25, 0.3) is 16.9 Å². The van der Waals surface area contributed by atoms with Crippen LogP contribution in [-0.4, -0.2) is 77.8 Å². The van der Waals surface area contributed by atoms with Gasteiger partial charge < -0.3 is 14.2 Å². The summed E-state index contributed by atoms with van der Waals surface area (Å²) in [6, 6.07) is 4.66. The van der Waals surface area contributed by atoms with Crippen LogP contribution in [-0.2, 0) is 11.3 Å². The second kappa shape index (κ2) is 10.4.